The Morgan fingerprint density at radius 3 is 2.50 bits per heavy atom. The van der Waals surface area contributed by atoms with Gasteiger partial charge in [0.25, 0.3) is 0 Å². The number of rotatable bonds is 2. The Kier molecular flexibility index (Phi) is 2.94. The molecular formula is C15H13BrN2O4. The number of ether oxygens (including phenoxy) is 2. The molecular weight excluding hydrogens is 352 g/mol. The molecule has 2 aliphatic rings. The first-order valence-electron chi connectivity index (χ1n) is 6.95. The summed E-state index contributed by atoms with van der Waals surface area (Å²) in [6.45, 7) is 1.33. The van der Waals surface area contributed by atoms with Gasteiger partial charge in [0.2, 0.25) is 0 Å². The minimum atomic E-state index is -1.04. The lowest BCUT2D eigenvalue weighted by Gasteiger charge is -2.10. The SMILES string of the molecule is O=C(O)c1cc(-c2cc3c(cc2Br)OCC2(CC2)CO3)n[nH]1. The molecule has 1 fully saturated rings. The zero-order valence-corrected chi connectivity index (χ0v) is 13.1. The number of hydrogen-bond acceptors (Lipinski definition) is 4. The van der Waals surface area contributed by atoms with Crippen molar-refractivity contribution in [2.24, 2.45) is 5.41 Å². The van der Waals surface area contributed by atoms with E-state index < -0.39 is 5.97 Å². The number of H-pyrrole nitrogens is 1. The van der Waals surface area contributed by atoms with Crippen LogP contribution in [-0.2, 0) is 0 Å². The first kappa shape index (κ1) is 13.6. The molecule has 7 heteroatoms. The topological polar surface area (TPSA) is 84.4 Å². The second-order valence-electron chi connectivity index (χ2n) is 5.83. The van der Waals surface area contributed by atoms with E-state index in [1.807, 2.05) is 12.1 Å². The van der Waals surface area contributed by atoms with E-state index >= 15 is 0 Å². The maximum atomic E-state index is 11.0. The highest BCUT2D eigenvalue weighted by atomic mass is 79.9. The van der Waals surface area contributed by atoms with Crippen LogP contribution in [0.1, 0.15) is 23.3 Å². The number of aromatic carboxylic acids is 1. The van der Waals surface area contributed by atoms with Gasteiger partial charge < -0.3 is 14.6 Å². The summed E-state index contributed by atoms with van der Waals surface area (Å²) in [5, 5.41) is 15.5. The summed E-state index contributed by atoms with van der Waals surface area (Å²) < 4.78 is 12.5. The van der Waals surface area contributed by atoms with E-state index in [0.29, 0.717) is 30.4 Å². The third kappa shape index (κ3) is 2.25. The van der Waals surface area contributed by atoms with E-state index in [4.69, 9.17) is 14.6 Å². The van der Waals surface area contributed by atoms with Gasteiger partial charge in [-0.05, 0) is 47.0 Å². The molecule has 2 aromatic rings. The number of carboxylic acid groups (broad SMARTS) is 1. The molecule has 0 bridgehead atoms. The number of aromatic nitrogens is 2. The summed E-state index contributed by atoms with van der Waals surface area (Å²) in [4.78, 5) is 11.0. The molecule has 2 heterocycles. The van der Waals surface area contributed by atoms with E-state index in [-0.39, 0.29) is 11.1 Å². The van der Waals surface area contributed by atoms with Gasteiger partial charge in [-0.1, -0.05) is 0 Å². The van der Waals surface area contributed by atoms with Gasteiger partial charge in [0, 0.05) is 15.5 Å². The third-order valence-electron chi connectivity index (χ3n) is 4.14. The van der Waals surface area contributed by atoms with Crippen molar-refractivity contribution in [3.05, 3.63) is 28.4 Å². The normalized spacial score (nSPS) is 18.0. The van der Waals surface area contributed by atoms with E-state index in [1.165, 1.54) is 6.07 Å². The zero-order chi connectivity index (χ0) is 15.3. The van der Waals surface area contributed by atoms with E-state index in [1.54, 1.807) is 0 Å². The number of carboxylic acids is 1. The first-order chi connectivity index (χ1) is 10.6. The largest absolute Gasteiger partial charge is 0.489 e. The lowest BCUT2D eigenvalue weighted by atomic mass is 10.1. The van der Waals surface area contributed by atoms with Crippen LogP contribution in [-0.4, -0.2) is 34.5 Å². The predicted molar refractivity (Wildman–Crippen MR) is 81.3 cm³/mol. The van der Waals surface area contributed by atoms with E-state index in [2.05, 4.69) is 26.1 Å². The van der Waals surface area contributed by atoms with Crippen LogP contribution in [0.4, 0.5) is 0 Å². The number of hydrogen-bond donors (Lipinski definition) is 2. The van der Waals surface area contributed by atoms with Gasteiger partial charge in [0.05, 0.1) is 18.9 Å². The first-order valence-corrected chi connectivity index (χ1v) is 7.74. The van der Waals surface area contributed by atoms with Gasteiger partial charge in [0.15, 0.2) is 11.5 Å². The fraction of sp³-hybridized carbons (Fsp3) is 0.333. The summed E-state index contributed by atoms with van der Waals surface area (Å²) >= 11 is 3.49. The van der Waals surface area contributed by atoms with Crippen LogP contribution >= 0.6 is 15.9 Å². The lowest BCUT2D eigenvalue weighted by Crippen LogP contribution is -2.17. The molecule has 0 atom stereocenters. The zero-order valence-electron chi connectivity index (χ0n) is 11.6. The quantitative estimate of drug-likeness (QED) is 0.855. The molecule has 1 aromatic carbocycles. The number of aromatic amines is 1. The molecule has 1 aromatic heterocycles. The smallest absolute Gasteiger partial charge is 0.353 e. The van der Waals surface area contributed by atoms with Crippen molar-refractivity contribution in [1.29, 1.82) is 0 Å². The minimum absolute atomic E-state index is 0.0472. The van der Waals surface area contributed by atoms with Crippen molar-refractivity contribution in [3.8, 4) is 22.8 Å². The van der Waals surface area contributed by atoms with Crippen molar-refractivity contribution in [1.82, 2.24) is 10.2 Å². The van der Waals surface area contributed by atoms with Crippen molar-refractivity contribution >= 4 is 21.9 Å². The molecule has 6 nitrogen and oxygen atoms in total. The average molecular weight is 365 g/mol. The Hall–Kier alpha value is -2.02. The second kappa shape index (κ2) is 4.74. The molecule has 1 aliphatic carbocycles. The fourth-order valence-electron chi connectivity index (χ4n) is 2.50. The second-order valence-corrected chi connectivity index (χ2v) is 6.68. The molecule has 4 rings (SSSR count). The molecule has 1 aliphatic heterocycles. The van der Waals surface area contributed by atoms with Gasteiger partial charge in [-0.3, -0.25) is 5.10 Å². The van der Waals surface area contributed by atoms with E-state index in [9.17, 15) is 4.79 Å². The van der Waals surface area contributed by atoms with Crippen LogP contribution < -0.4 is 9.47 Å². The van der Waals surface area contributed by atoms with Crippen LogP contribution in [0.5, 0.6) is 11.5 Å². The summed E-state index contributed by atoms with van der Waals surface area (Å²) in [6, 6.07) is 5.18. The van der Waals surface area contributed by atoms with Crippen LogP contribution in [0.15, 0.2) is 22.7 Å². The number of fused-ring (bicyclic) bond motifs is 1. The Morgan fingerprint density at radius 2 is 1.91 bits per heavy atom. The van der Waals surface area contributed by atoms with Crippen molar-refractivity contribution in [3.63, 3.8) is 0 Å². The van der Waals surface area contributed by atoms with Gasteiger partial charge >= 0.3 is 5.97 Å². The Morgan fingerprint density at radius 1 is 1.23 bits per heavy atom. The molecule has 114 valence electrons. The lowest BCUT2D eigenvalue weighted by molar-refractivity contribution is 0.0690. The minimum Gasteiger partial charge on any atom is -0.489 e. The van der Waals surface area contributed by atoms with Crippen LogP contribution in [0.25, 0.3) is 11.3 Å². The van der Waals surface area contributed by atoms with Crippen LogP contribution in [0.2, 0.25) is 0 Å². The predicted octanol–water partition coefficient (Wildman–Crippen LogP) is 3.09. The molecule has 0 amide bonds. The molecule has 2 N–H and O–H groups in total. The highest BCUT2D eigenvalue weighted by molar-refractivity contribution is 9.10. The molecule has 1 spiro atoms. The third-order valence-corrected chi connectivity index (χ3v) is 4.80. The molecule has 22 heavy (non-hydrogen) atoms. The Labute approximate surface area is 134 Å². The van der Waals surface area contributed by atoms with Crippen molar-refractivity contribution in [2.45, 2.75) is 12.8 Å². The van der Waals surface area contributed by atoms with E-state index in [0.717, 1.165) is 22.9 Å². The number of halogens is 1. The number of nitrogens with one attached hydrogen (secondary N) is 1. The number of nitrogens with zero attached hydrogens (tertiary/aromatic N) is 1. The number of benzene rings is 1. The highest BCUT2D eigenvalue weighted by Gasteiger charge is 2.46. The fourth-order valence-corrected chi connectivity index (χ4v) is 3.02. The Bertz CT molecular complexity index is 767. The maximum absolute atomic E-state index is 11.0. The van der Waals surface area contributed by atoms with Gasteiger partial charge in [-0.25, -0.2) is 4.79 Å². The van der Waals surface area contributed by atoms with Gasteiger partial charge in [-0.15, -0.1) is 0 Å². The van der Waals surface area contributed by atoms with Gasteiger partial charge in [-0.2, -0.15) is 5.10 Å². The molecule has 1 saturated carbocycles. The van der Waals surface area contributed by atoms with Crippen molar-refractivity contribution < 1.29 is 19.4 Å². The highest BCUT2D eigenvalue weighted by Crippen LogP contribution is 2.50. The average Bonchev–Trinajstić information content (AvgIpc) is 3.14. The monoisotopic (exact) mass is 364 g/mol. The van der Waals surface area contributed by atoms with Gasteiger partial charge in [0.1, 0.15) is 5.69 Å². The summed E-state index contributed by atoms with van der Waals surface area (Å²) in [7, 11) is 0. The molecule has 0 radical (unpaired) electrons. The standard InChI is InChI=1S/C15H13BrN2O4/c16-9-4-13-12(21-6-15(1-2-15)7-22-13)3-8(9)10-5-11(14(19)20)18-17-10/h3-5H,1-2,6-7H2,(H,17,18)(H,19,20). The molecule has 0 saturated heterocycles. The summed E-state index contributed by atoms with van der Waals surface area (Å²) in [5.74, 6) is 0.329. The Balaban J connectivity index is 1.71. The van der Waals surface area contributed by atoms with Crippen molar-refractivity contribution in [2.75, 3.05) is 13.2 Å². The number of carbonyl (C=O) groups is 1. The summed E-state index contributed by atoms with van der Waals surface area (Å²) in [6.07, 6.45) is 2.27. The molecule has 0 unspecified atom stereocenters. The summed E-state index contributed by atoms with van der Waals surface area (Å²) in [5.41, 5.74) is 1.53. The maximum Gasteiger partial charge on any atom is 0.353 e. The van der Waals surface area contributed by atoms with Crippen LogP contribution in [0.3, 0.4) is 0 Å². The van der Waals surface area contributed by atoms with Crippen LogP contribution in [0, 0.1) is 5.41 Å².